The number of allylic oxidation sites excluding steroid dienone is 4. The van der Waals surface area contributed by atoms with Crippen molar-refractivity contribution in [2.45, 2.75) is 127 Å². The first kappa shape index (κ1) is 55.5. The number of thioether (sulfide) groups is 1. The number of ether oxygens (including phenoxy) is 1. The zero-order valence-corrected chi connectivity index (χ0v) is 44.3. The highest BCUT2D eigenvalue weighted by atomic mass is 33.1. The van der Waals surface area contributed by atoms with Gasteiger partial charge in [0.1, 0.15) is 11.5 Å². The molecule has 5 aromatic rings. The number of hydrogen-bond donors (Lipinski definition) is 5. The van der Waals surface area contributed by atoms with Gasteiger partial charge in [0.05, 0.1) is 11.1 Å². The minimum atomic E-state index is -0.409. The molecule has 12 heteroatoms. The van der Waals surface area contributed by atoms with Gasteiger partial charge < -0.3 is 32.2 Å². The molecule has 0 aliphatic heterocycles. The van der Waals surface area contributed by atoms with Gasteiger partial charge >= 0.3 is 5.97 Å². The Morgan fingerprint density at radius 3 is 1.36 bits per heavy atom. The Morgan fingerprint density at radius 1 is 0.586 bits per heavy atom. The Bertz CT molecular complexity index is 2550. The molecule has 0 heterocycles. The number of aliphatic hydroxyl groups excluding tert-OH is 2. The van der Waals surface area contributed by atoms with E-state index < -0.39 is 5.97 Å². The van der Waals surface area contributed by atoms with Crippen LogP contribution >= 0.6 is 33.3 Å². The Hall–Kier alpha value is -5.40. The molecule has 0 spiro atoms. The van der Waals surface area contributed by atoms with Gasteiger partial charge in [0.2, 0.25) is 0 Å². The van der Waals surface area contributed by atoms with E-state index in [4.69, 9.17) is 21.9 Å². The van der Waals surface area contributed by atoms with Crippen molar-refractivity contribution in [2.24, 2.45) is 11.8 Å². The first-order chi connectivity index (χ1) is 33.6. The quantitative estimate of drug-likeness (QED) is 0.0274. The summed E-state index contributed by atoms with van der Waals surface area (Å²) in [5.41, 5.74) is 29.3. The van der Waals surface area contributed by atoms with Crippen molar-refractivity contribution in [1.82, 2.24) is 0 Å². The molecule has 70 heavy (non-hydrogen) atoms. The molecule has 2 aliphatic rings. The summed E-state index contributed by atoms with van der Waals surface area (Å²) in [7, 11) is 3.42. The van der Waals surface area contributed by atoms with Gasteiger partial charge in [-0.05, 0) is 176 Å². The van der Waals surface area contributed by atoms with E-state index in [-0.39, 0.29) is 35.8 Å². The fourth-order valence-corrected chi connectivity index (χ4v) is 12.0. The highest BCUT2D eigenvalue weighted by Crippen LogP contribution is 2.41. The molecule has 7 rings (SSSR count). The van der Waals surface area contributed by atoms with Crippen molar-refractivity contribution < 1.29 is 29.3 Å². The van der Waals surface area contributed by atoms with Crippen LogP contribution in [0.3, 0.4) is 0 Å². The molecule has 2 unspecified atom stereocenters. The van der Waals surface area contributed by atoms with Crippen LogP contribution in [0.5, 0.6) is 0 Å². The van der Waals surface area contributed by atoms with Gasteiger partial charge in [-0.25, -0.2) is 0 Å². The molecule has 0 fully saturated rings. The molecule has 0 aromatic heterocycles. The molecule has 0 bridgehead atoms. The van der Waals surface area contributed by atoms with Crippen molar-refractivity contribution >= 4 is 79.1 Å². The molecule has 0 saturated heterocycles. The zero-order valence-electron chi connectivity index (χ0n) is 41.9. The molecule has 8 N–H and O–H groups in total. The van der Waals surface area contributed by atoms with Gasteiger partial charge in [-0.15, -0.1) is 11.8 Å². The average molecular weight is 1000 g/mol. The van der Waals surface area contributed by atoms with Gasteiger partial charge in [0.15, 0.2) is 11.6 Å². The van der Waals surface area contributed by atoms with Crippen LogP contribution < -0.4 is 17.2 Å². The Balaban J connectivity index is 0.000000203. The topological polar surface area (TPSA) is 179 Å². The van der Waals surface area contributed by atoms with Crippen LogP contribution in [0.2, 0.25) is 0 Å². The molecule has 2 aliphatic carbocycles. The molecule has 5 aromatic carbocycles. The summed E-state index contributed by atoms with van der Waals surface area (Å²) >= 11 is 1.77. The smallest absolute Gasteiger partial charge is 0.307 e. The van der Waals surface area contributed by atoms with Crippen LogP contribution in [0.25, 0.3) is 11.1 Å². The summed E-state index contributed by atoms with van der Waals surface area (Å²) in [6.07, 6.45) is 6.80. The minimum Gasteiger partial charge on any atom is -0.512 e. The maximum absolute atomic E-state index is 13.1. The SMILES string of the molecule is CCc1cc(C)cc(CC)c1C1=C(O)CC(CCSc2ccc(N)cc2)CC1=O.CCc1cc(C)cc(CC)c1C1=C(OC(C)=O)CC(CCO)CC1=O.Nc1ccc(SSc2ccc(N)cc2)cc1. The number of benzene rings is 5. The first-order valence-electron chi connectivity index (χ1n) is 24.4. The first-order valence-corrected chi connectivity index (χ1v) is 27.5. The van der Waals surface area contributed by atoms with Crippen LogP contribution in [-0.4, -0.2) is 40.1 Å². The number of esters is 1. The lowest BCUT2D eigenvalue weighted by Gasteiger charge is -2.27. The molecular formula is C58H71N3O6S3. The van der Waals surface area contributed by atoms with E-state index in [1.165, 1.54) is 32.7 Å². The third-order valence-electron chi connectivity index (χ3n) is 12.4. The lowest BCUT2D eigenvalue weighted by Crippen LogP contribution is -2.23. The van der Waals surface area contributed by atoms with E-state index in [1.54, 1.807) is 33.3 Å². The Labute approximate surface area is 427 Å². The number of aliphatic hydroxyl groups is 2. The molecule has 372 valence electrons. The number of Topliss-reactive ketones (excluding diaryl/α,β-unsaturated/α-hetero) is 2. The number of ketones is 2. The Kier molecular flexibility index (Phi) is 21.6. The molecule has 0 amide bonds. The summed E-state index contributed by atoms with van der Waals surface area (Å²) < 4.78 is 5.47. The summed E-state index contributed by atoms with van der Waals surface area (Å²) in [5.74, 6) is 1.58. The summed E-state index contributed by atoms with van der Waals surface area (Å²) in [5, 5.41) is 20.1. The van der Waals surface area contributed by atoms with Gasteiger partial charge in [0, 0.05) is 71.0 Å². The van der Waals surface area contributed by atoms with Crippen molar-refractivity contribution in [1.29, 1.82) is 0 Å². The number of carbonyl (C=O) groups is 3. The maximum atomic E-state index is 13.1. The van der Waals surface area contributed by atoms with Crippen LogP contribution in [0.15, 0.2) is 123 Å². The summed E-state index contributed by atoms with van der Waals surface area (Å²) in [4.78, 5) is 41.2. The highest BCUT2D eigenvalue weighted by Gasteiger charge is 2.33. The number of nitrogens with two attached hydrogens (primary N) is 3. The molecule has 0 saturated carbocycles. The number of anilines is 3. The fraction of sp³-hybridized carbons (Fsp3) is 0.362. The number of nitrogen functional groups attached to an aromatic ring is 3. The van der Waals surface area contributed by atoms with Crippen LogP contribution in [0.1, 0.15) is 118 Å². The van der Waals surface area contributed by atoms with Crippen molar-refractivity contribution in [2.75, 3.05) is 29.6 Å². The maximum Gasteiger partial charge on any atom is 0.307 e. The number of aryl methyl sites for hydroxylation is 6. The van der Waals surface area contributed by atoms with Crippen molar-refractivity contribution in [3.05, 3.63) is 153 Å². The number of rotatable bonds is 16. The molecular weight excluding hydrogens is 931 g/mol. The average Bonchev–Trinajstić information content (AvgIpc) is 3.32. The monoisotopic (exact) mass is 1000 g/mol. The van der Waals surface area contributed by atoms with E-state index in [9.17, 15) is 24.6 Å². The predicted molar refractivity (Wildman–Crippen MR) is 295 cm³/mol. The second-order valence-electron chi connectivity index (χ2n) is 18.0. The van der Waals surface area contributed by atoms with E-state index in [0.717, 1.165) is 88.3 Å². The second kappa shape index (κ2) is 27.3. The van der Waals surface area contributed by atoms with Gasteiger partial charge in [-0.1, -0.05) is 84.7 Å². The van der Waals surface area contributed by atoms with Crippen molar-refractivity contribution in [3.63, 3.8) is 0 Å². The van der Waals surface area contributed by atoms with Crippen LogP contribution in [-0.2, 0) is 44.8 Å². The summed E-state index contributed by atoms with van der Waals surface area (Å²) in [6, 6.07) is 32.1. The lowest BCUT2D eigenvalue weighted by molar-refractivity contribution is -0.137. The third-order valence-corrected chi connectivity index (χ3v) is 15.9. The standard InChI is InChI=1S/C25H31NO2S.C21H28O4.C12H12N2S2/c1-4-18-12-16(3)13-19(5-2)24(18)25-22(27)14-17(15-23(25)28)10-11-29-21-8-6-20(26)7-9-21;1-5-16-9-13(3)10-17(6-2)20(16)21-18(24)11-15(7-8-22)12-19(21)25-14(4)23;13-9-1-5-11(6-2-9)15-16-12-7-3-10(14)4-8-12/h6-9,12-13,17,27H,4-5,10-11,14-15,26H2,1-3H3;9-10,15,22H,5-8,11-12H2,1-4H3;1-8H,13-14H2. The largest absolute Gasteiger partial charge is 0.512 e. The number of hydrogen-bond acceptors (Lipinski definition) is 12. The van der Waals surface area contributed by atoms with E-state index in [2.05, 4.69) is 65.8 Å². The van der Waals surface area contributed by atoms with E-state index >= 15 is 0 Å². The predicted octanol–water partition coefficient (Wildman–Crippen LogP) is 13.5. The van der Waals surface area contributed by atoms with Gasteiger partial charge in [0.25, 0.3) is 0 Å². The molecule has 2 atom stereocenters. The minimum absolute atomic E-state index is 0.00852. The van der Waals surface area contributed by atoms with Crippen LogP contribution in [0, 0.1) is 25.7 Å². The zero-order chi connectivity index (χ0) is 50.9. The van der Waals surface area contributed by atoms with Crippen LogP contribution in [0.4, 0.5) is 17.1 Å². The fourth-order valence-electron chi connectivity index (χ4n) is 9.04. The Morgan fingerprint density at radius 2 is 0.971 bits per heavy atom. The highest BCUT2D eigenvalue weighted by molar-refractivity contribution is 8.76. The lowest BCUT2D eigenvalue weighted by atomic mass is 9.79. The van der Waals surface area contributed by atoms with Gasteiger partial charge in [-0.3, -0.25) is 14.4 Å². The normalized spacial score (nSPS) is 15.8. The molecule has 0 radical (unpaired) electrons. The van der Waals surface area contributed by atoms with E-state index in [1.807, 2.05) is 72.8 Å². The summed E-state index contributed by atoms with van der Waals surface area (Å²) in [6.45, 7) is 13.9. The van der Waals surface area contributed by atoms with E-state index in [0.29, 0.717) is 49.0 Å². The third kappa shape index (κ3) is 15.8. The molecule has 9 nitrogen and oxygen atoms in total. The second-order valence-corrected chi connectivity index (χ2v) is 21.4. The van der Waals surface area contributed by atoms with Gasteiger partial charge in [-0.2, -0.15) is 0 Å². The van der Waals surface area contributed by atoms with Crippen molar-refractivity contribution in [3.8, 4) is 0 Å². The number of carbonyl (C=O) groups excluding carboxylic acids is 3.